The van der Waals surface area contributed by atoms with Gasteiger partial charge in [0.15, 0.2) is 11.5 Å². The number of ether oxygens (including phenoxy) is 1. The van der Waals surface area contributed by atoms with E-state index in [1.54, 1.807) is 19.2 Å². The third-order valence-electron chi connectivity index (χ3n) is 4.09. The largest absolute Gasteiger partial charge is 0.497 e. The molecule has 1 heterocycles. The lowest BCUT2D eigenvalue weighted by Crippen LogP contribution is -2.16. The molecule has 0 saturated heterocycles. The van der Waals surface area contributed by atoms with Gasteiger partial charge in [0, 0.05) is 11.4 Å². The average molecular weight is 362 g/mol. The number of amides is 1. The number of nitrogens with one attached hydrogen (secondary N) is 2. The minimum Gasteiger partial charge on any atom is -0.497 e. The monoisotopic (exact) mass is 362 g/mol. The van der Waals surface area contributed by atoms with Crippen LogP contribution in [0, 0.1) is 0 Å². The molecule has 0 radical (unpaired) electrons. The molecule has 1 aromatic heterocycles. The third-order valence-corrected chi connectivity index (χ3v) is 4.09. The highest BCUT2D eigenvalue weighted by Gasteiger charge is 2.12. The predicted molar refractivity (Wildman–Crippen MR) is 107 cm³/mol. The zero-order valence-electron chi connectivity index (χ0n) is 15.6. The van der Waals surface area contributed by atoms with Gasteiger partial charge in [-0.2, -0.15) is 0 Å². The number of hydrogen-bond donors (Lipinski definition) is 2. The molecule has 2 aromatic carbocycles. The second-order valence-electron chi connectivity index (χ2n) is 6.35. The van der Waals surface area contributed by atoms with E-state index in [9.17, 15) is 4.79 Å². The number of methoxy groups -OCH3 is 1. The first-order chi connectivity index (χ1) is 13.1. The maximum absolute atomic E-state index is 12.5. The Kier molecular flexibility index (Phi) is 5.66. The van der Waals surface area contributed by atoms with Gasteiger partial charge >= 0.3 is 0 Å². The second-order valence-corrected chi connectivity index (χ2v) is 6.35. The molecule has 3 rings (SSSR count). The lowest BCUT2D eigenvalue weighted by molar-refractivity contribution is 0.102. The number of rotatable bonds is 6. The summed E-state index contributed by atoms with van der Waals surface area (Å²) >= 11 is 0. The fourth-order valence-electron chi connectivity index (χ4n) is 2.64. The Morgan fingerprint density at radius 3 is 2.33 bits per heavy atom. The lowest BCUT2D eigenvalue weighted by Gasteiger charge is -2.13. The van der Waals surface area contributed by atoms with Crippen LogP contribution in [0.2, 0.25) is 0 Å². The standard InChI is InChI=1S/C21H22N4O2/c1-14(2)17-6-4-5-7-18(17)23-21(26)19-12-13-20(25-24-19)22-15-8-10-16(27-3)11-9-15/h4-14H,1-3H3,(H,22,25)(H,23,26). The highest BCUT2D eigenvalue weighted by molar-refractivity contribution is 6.03. The van der Waals surface area contributed by atoms with Gasteiger partial charge in [0.2, 0.25) is 0 Å². The molecule has 6 heteroatoms. The number of carbonyl (C=O) groups excluding carboxylic acids is 1. The summed E-state index contributed by atoms with van der Waals surface area (Å²) in [7, 11) is 1.62. The van der Waals surface area contributed by atoms with E-state index in [1.165, 1.54) is 0 Å². The third kappa shape index (κ3) is 4.61. The molecule has 0 bridgehead atoms. The molecule has 0 saturated carbocycles. The summed E-state index contributed by atoms with van der Waals surface area (Å²) in [5.74, 6) is 1.36. The van der Waals surface area contributed by atoms with Gasteiger partial charge in [0.25, 0.3) is 5.91 Å². The molecule has 138 valence electrons. The summed E-state index contributed by atoms with van der Waals surface area (Å²) in [6, 6.07) is 18.6. The number of hydrogen-bond acceptors (Lipinski definition) is 5. The SMILES string of the molecule is COc1ccc(Nc2ccc(C(=O)Nc3ccccc3C(C)C)nn2)cc1. The van der Waals surface area contributed by atoms with Gasteiger partial charge < -0.3 is 15.4 Å². The quantitative estimate of drug-likeness (QED) is 0.670. The number of benzene rings is 2. The van der Waals surface area contributed by atoms with Crippen LogP contribution in [0.5, 0.6) is 5.75 Å². The van der Waals surface area contributed by atoms with Crippen molar-refractivity contribution in [3.8, 4) is 5.75 Å². The van der Waals surface area contributed by atoms with Gasteiger partial charge in [0.05, 0.1) is 7.11 Å². The number of para-hydroxylation sites is 1. The van der Waals surface area contributed by atoms with E-state index < -0.39 is 0 Å². The van der Waals surface area contributed by atoms with Crippen LogP contribution in [0.25, 0.3) is 0 Å². The molecular weight excluding hydrogens is 340 g/mol. The zero-order chi connectivity index (χ0) is 19.2. The van der Waals surface area contributed by atoms with Crippen molar-refractivity contribution in [2.75, 3.05) is 17.7 Å². The smallest absolute Gasteiger partial charge is 0.276 e. The predicted octanol–water partition coefficient (Wildman–Crippen LogP) is 4.60. The molecule has 0 unspecified atom stereocenters. The van der Waals surface area contributed by atoms with Crippen molar-refractivity contribution >= 4 is 23.1 Å². The summed E-state index contributed by atoms with van der Waals surface area (Å²) < 4.78 is 5.13. The minimum absolute atomic E-state index is 0.258. The van der Waals surface area contributed by atoms with Gasteiger partial charge in [-0.1, -0.05) is 32.0 Å². The number of anilines is 3. The fraction of sp³-hybridized carbons (Fsp3) is 0.190. The molecule has 0 spiro atoms. The van der Waals surface area contributed by atoms with E-state index in [0.717, 1.165) is 22.7 Å². The van der Waals surface area contributed by atoms with Gasteiger partial charge in [0.1, 0.15) is 5.75 Å². The van der Waals surface area contributed by atoms with Crippen molar-refractivity contribution in [2.24, 2.45) is 0 Å². The highest BCUT2D eigenvalue weighted by atomic mass is 16.5. The van der Waals surface area contributed by atoms with E-state index in [-0.39, 0.29) is 11.6 Å². The van der Waals surface area contributed by atoms with Crippen molar-refractivity contribution in [2.45, 2.75) is 19.8 Å². The molecule has 2 N–H and O–H groups in total. The molecular formula is C21H22N4O2. The normalized spacial score (nSPS) is 10.5. The van der Waals surface area contributed by atoms with Gasteiger partial charge in [-0.15, -0.1) is 10.2 Å². The van der Waals surface area contributed by atoms with Crippen LogP contribution in [0.3, 0.4) is 0 Å². The Morgan fingerprint density at radius 2 is 1.70 bits per heavy atom. The van der Waals surface area contributed by atoms with Crippen molar-refractivity contribution in [1.82, 2.24) is 10.2 Å². The Labute approximate surface area is 158 Å². The van der Waals surface area contributed by atoms with Crippen LogP contribution in [-0.4, -0.2) is 23.2 Å². The number of aromatic nitrogens is 2. The van der Waals surface area contributed by atoms with Crippen LogP contribution < -0.4 is 15.4 Å². The summed E-state index contributed by atoms with van der Waals surface area (Å²) in [5, 5.41) is 14.2. The van der Waals surface area contributed by atoms with Gasteiger partial charge in [-0.05, 0) is 53.9 Å². The molecule has 1 amide bonds. The van der Waals surface area contributed by atoms with E-state index in [2.05, 4.69) is 34.7 Å². The first-order valence-corrected chi connectivity index (χ1v) is 8.72. The molecule has 0 aliphatic carbocycles. The molecule has 0 fully saturated rings. The minimum atomic E-state index is -0.286. The van der Waals surface area contributed by atoms with Crippen molar-refractivity contribution in [3.63, 3.8) is 0 Å². The molecule has 27 heavy (non-hydrogen) atoms. The first kappa shape index (κ1) is 18.4. The molecule has 0 aliphatic heterocycles. The van der Waals surface area contributed by atoms with Crippen LogP contribution in [-0.2, 0) is 0 Å². The topological polar surface area (TPSA) is 76.1 Å². The Morgan fingerprint density at radius 1 is 0.963 bits per heavy atom. The Bertz CT molecular complexity index is 906. The fourth-order valence-corrected chi connectivity index (χ4v) is 2.64. The van der Waals surface area contributed by atoms with Crippen LogP contribution in [0.1, 0.15) is 35.8 Å². The van der Waals surface area contributed by atoms with Crippen LogP contribution in [0.4, 0.5) is 17.2 Å². The van der Waals surface area contributed by atoms with E-state index in [1.807, 2.05) is 48.5 Å². The van der Waals surface area contributed by atoms with E-state index in [0.29, 0.717) is 11.7 Å². The van der Waals surface area contributed by atoms with Crippen molar-refractivity contribution in [3.05, 3.63) is 71.9 Å². The van der Waals surface area contributed by atoms with Gasteiger partial charge in [-0.25, -0.2) is 0 Å². The molecule has 0 aliphatic rings. The number of carbonyl (C=O) groups is 1. The van der Waals surface area contributed by atoms with Crippen LogP contribution in [0.15, 0.2) is 60.7 Å². The van der Waals surface area contributed by atoms with Crippen molar-refractivity contribution in [1.29, 1.82) is 0 Å². The highest BCUT2D eigenvalue weighted by Crippen LogP contribution is 2.24. The summed E-state index contributed by atoms with van der Waals surface area (Å²) in [5.41, 5.74) is 2.98. The maximum Gasteiger partial charge on any atom is 0.276 e. The summed E-state index contributed by atoms with van der Waals surface area (Å²) in [6.07, 6.45) is 0. The lowest BCUT2D eigenvalue weighted by atomic mass is 10.0. The zero-order valence-corrected chi connectivity index (χ0v) is 15.6. The molecule has 0 atom stereocenters. The summed E-state index contributed by atoms with van der Waals surface area (Å²) in [4.78, 5) is 12.5. The first-order valence-electron chi connectivity index (χ1n) is 8.72. The molecule has 6 nitrogen and oxygen atoms in total. The summed E-state index contributed by atoms with van der Waals surface area (Å²) in [6.45, 7) is 4.18. The van der Waals surface area contributed by atoms with Crippen molar-refractivity contribution < 1.29 is 9.53 Å². The Hall–Kier alpha value is -3.41. The average Bonchev–Trinajstić information content (AvgIpc) is 2.69. The molecule has 3 aromatic rings. The second kappa shape index (κ2) is 8.31. The number of nitrogens with zero attached hydrogens (tertiary/aromatic N) is 2. The van der Waals surface area contributed by atoms with Gasteiger partial charge in [-0.3, -0.25) is 4.79 Å². The maximum atomic E-state index is 12.5. The van der Waals surface area contributed by atoms with E-state index >= 15 is 0 Å². The van der Waals surface area contributed by atoms with Crippen LogP contribution >= 0.6 is 0 Å². The van der Waals surface area contributed by atoms with E-state index in [4.69, 9.17) is 4.74 Å². The Balaban J connectivity index is 1.68.